The summed E-state index contributed by atoms with van der Waals surface area (Å²) in [6.07, 6.45) is 1.28. The predicted octanol–water partition coefficient (Wildman–Crippen LogP) is 3.36. The minimum Gasteiger partial charge on any atom is -0.444 e. The van der Waals surface area contributed by atoms with Crippen molar-refractivity contribution in [2.75, 3.05) is 18.8 Å². The van der Waals surface area contributed by atoms with E-state index in [1.807, 2.05) is 16.8 Å². The Balaban J connectivity index is 1.97. The number of alkyl halides is 3. The Morgan fingerprint density at radius 2 is 1.81 bits per heavy atom. The zero-order chi connectivity index (χ0) is 27.6. The third kappa shape index (κ3) is 9.73. The molecule has 2 aromatic heterocycles. The van der Waals surface area contributed by atoms with Crippen LogP contribution in [-0.2, 0) is 29.2 Å². The van der Waals surface area contributed by atoms with E-state index in [2.05, 4.69) is 20.6 Å². The van der Waals surface area contributed by atoms with Crippen LogP contribution in [0.25, 0.3) is 0 Å². The van der Waals surface area contributed by atoms with Crippen LogP contribution in [0.5, 0.6) is 0 Å². The molecule has 2 aromatic rings. The number of imidazole rings is 1. The van der Waals surface area contributed by atoms with Crippen molar-refractivity contribution < 1.29 is 32.1 Å². The minimum atomic E-state index is -4.91. The SMILES string of the molecule is CCC[n+]1ccn(CCCNC(=O)C(F)(F)F)c1N=Nc1cnn(CCCNC(=O)OC(C)(C)C)c1N. The van der Waals surface area contributed by atoms with Crippen LogP contribution >= 0.6 is 0 Å². The van der Waals surface area contributed by atoms with Crippen molar-refractivity contribution in [3.05, 3.63) is 18.6 Å². The van der Waals surface area contributed by atoms with Crippen molar-refractivity contribution in [3.8, 4) is 0 Å². The molecule has 2 rings (SSSR count). The lowest BCUT2D eigenvalue weighted by Crippen LogP contribution is -2.37. The molecular weight excluding hydrogens is 495 g/mol. The van der Waals surface area contributed by atoms with E-state index in [0.29, 0.717) is 50.1 Å². The molecule has 0 aliphatic carbocycles. The molecule has 4 N–H and O–H groups in total. The fourth-order valence-electron chi connectivity index (χ4n) is 3.19. The Kier molecular flexibility index (Phi) is 10.4. The number of azo groups is 1. The molecule has 12 nitrogen and oxygen atoms in total. The van der Waals surface area contributed by atoms with Gasteiger partial charge in [0.1, 0.15) is 5.60 Å². The molecule has 0 saturated carbocycles. The Hall–Kier alpha value is -3.65. The van der Waals surface area contributed by atoms with Gasteiger partial charge in [-0.25, -0.2) is 18.6 Å². The number of nitrogen functional groups attached to an aromatic ring is 1. The number of ether oxygens (including phenoxy) is 1. The summed E-state index contributed by atoms with van der Waals surface area (Å²) >= 11 is 0. The molecule has 0 aliphatic rings. The highest BCUT2D eigenvalue weighted by Crippen LogP contribution is 2.23. The van der Waals surface area contributed by atoms with Gasteiger partial charge in [-0.1, -0.05) is 12.0 Å². The number of hydrogen-bond donors (Lipinski definition) is 3. The summed E-state index contributed by atoms with van der Waals surface area (Å²) < 4.78 is 47.3. The van der Waals surface area contributed by atoms with Crippen molar-refractivity contribution in [3.63, 3.8) is 0 Å². The van der Waals surface area contributed by atoms with Crippen molar-refractivity contribution in [1.82, 2.24) is 25.0 Å². The Bertz CT molecular complexity index is 1070. The summed E-state index contributed by atoms with van der Waals surface area (Å²) in [7, 11) is 0. The zero-order valence-corrected chi connectivity index (χ0v) is 21.5. The number of carbonyl (C=O) groups excluding carboxylic acids is 2. The molecule has 2 heterocycles. The van der Waals surface area contributed by atoms with Crippen LogP contribution in [0.15, 0.2) is 28.8 Å². The lowest BCUT2D eigenvalue weighted by molar-refractivity contribution is -0.683. The number of aromatic nitrogens is 4. The average Bonchev–Trinajstić information content (AvgIpc) is 3.33. The highest BCUT2D eigenvalue weighted by atomic mass is 19.4. The maximum Gasteiger partial charge on any atom is 0.471 e. The van der Waals surface area contributed by atoms with Crippen molar-refractivity contribution in [2.24, 2.45) is 10.2 Å². The van der Waals surface area contributed by atoms with E-state index in [1.165, 1.54) is 6.20 Å². The van der Waals surface area contributed by atoms with E-state index < -0.39 is 23.8 Å². The molecule has 15 heteroatoms. The normalized spacial score (nSPS) is 12.2. The third-order valence-corrected chi connectivity index (χ3v) is 4.85. The fourth-order valence-corrected chi connectivity index (χ4v) is 3.19. The number of nitrogens with zero attached hydrogens (tertiary/aromatic N) is 6. The van der Waals surface area contributed by atoms with Gasteiger partial charge in [-0.3, -0.25) is 4.79 Å². The van der Waals surface area contributed by atoms with E-state index >= 15 is 0 Å². The second-order valence-electron chi connectivity index (χ2n) is 9.21. The minimum absolute atomic E-state index is 0.136. The number of hydrogen-bond acceptors (Lipinski definition) is 7. The first-order chi connectivity index (χ1) is 17.3. The van der Waals surface area contributed by atoms with Crippen LogP contribution in [0.4, 0.5) is 35.4 Å². The van der Waals surface area contributed by atoms with Crippen LogP contribution in [0.3, 0.4) is 0 Å². The van der Waals surface area contributed by atoms with Crippen LogP contribution in [0.1, 0.15) is 47.0 Å². The Labute approximate surface area is 213 Å². The highest BCUT2D eigenvalue weighted by molar-refractivity contribution is 5.81. The van der Waals surface area contributed by atoms with E-state index in [9.17, 15) is 22.8 Å². The van der Waals surface area contributed by atoms with Crippen LogP contribution in [0, 0.1) is 0 Å². The molecule has 0 spiro atoms. The standard InChI is InChI=1S/C22H34F3N9O3/c1-5-10-32-13-14-33(11-6-8-27-18(35)22(23,24)25)19(32)31-30-16-15-29-34(17(16)26)12-7-9-28-20(36)37-21(2,3)4/h13-15,26H,5-12H2,1-4H3,(H2,27,28,35,36)/p+1. The maximum absolute atomic E-state index is 12.3. The number of aryl methyl sites for hydroxylation is 3. The summed E-state index contributed by atoms with van der Waals surface area (Å²) in [6, 6.07) is 0. The number of nitrogens with two attached hydrogens (primary N) is 1. The summed E-state index contributed by atoms with van der Waals surface area (Å²) in [6.45, 7) is 9.00. The first kappa shape index (κ1) is 29.6. The van der Waals surface area contributed by atoms with Crippen molar-refractivity contribution in [1.29, 1.82) is 0 Å². The van der Waals surface area contributed by atoms with Gasteiger partial charge in [-0.2, -0.15) is 18.3 Å². The maximum atomic E-state index is 12.3. The van der Waals surface area contributed by atoms with Gasteiger partial charge in [0.05, 0.1) is 31.7 Å². The third-order valence-electron chi connectivity index (χ3n) is 4.85. The summed E-state index contributed by atoms with van der Waals surface area (Å²) in [5.41, 5.74) is 5.93. The quantitative estimate of drug-likeness (QED) is 0.219. The van der Waals surface area contributed by atoms with Crippen molar-refractivity contribution in [2.45, 2.75) is 78.4 Å². The second-order valence-corrected chi connectivity index (χ2v) is 9.21. The molecule has 0 saturated heterocycles. The van der Waals surface area contributed by atoms with Crippen LogP contribution < -0.4 is 20.9 Å². The largest absolute Gasteiger partial charge is 0.471 e. The molecule has 0 atom stereocenters. The molecular formula is C22H35F3N9O3+. The summed E-state index contributed by atoms with van der Waals surface area (Å²) in [5.74, 6) is -1.18. The topological polar surface area (TPSA) is 145 Å². The number of nitrogens with one attached hydrogen (secondary N) is 2. The molecule has 37 heavy (non-hydrogen) atoms. The van der Waals surface area contributed by atoms with Gasteiger partial charge in [-0.15, -0.1) is 0 Å². The van der Waals surface area contributed by atoms with E-state index in [4.69, 9.17) is 10.5 Å². The number of rotatable bonds is 12. The fraction of sp³-hybridized carbons (Fsp3) is 0.636. The van der Waals surface area contributed by atoms with E-state index in [-0.39, 0.29) is 13.0 Å². The van der Waals surface area contributed by atoms with Crippen LogP contribution in [0.2, 0.25) is 0 Å². The lowest BCUT2D eigenvalue weighted by Gasteiger charge is -2.19. The predicted molar refractivity (Wildman–Crippen MR) is 128 cm³/mol. The molecule has 0 bridgehead atoms. The van der Waals surface area contributed by atoms with Gasteiger partial charge in [-0.05, 0) is 40.0 Å². The lowest BCUT2D eigenvalue weighted by atomic mass is 10.2. The second kappa shape index (κ2) is 13.1. The van der Waals surface area contributed by atoms with E-state index in [1.54, 1.807) is 42.4 Å². The zero-order valence-electron chi connectivity index (χ0n) is 21.5. The molecule has 0 aromatic carbocycles. The average molecular weight is 531 g/mol. The first-order valence-electron chi connectivity index (χ1n) is 11.9. The van der Waals surface area contributed by atoms with Gasteiger partial charge >= 0.3 is 24.1 Å². The number of alkyl carbamates (subject to hydrolysis) is 1. The van der Waals surface area contributed by atoms with Crippen molar-refractivity contribution >= 4 is 29.5 Å². The first-order valence-corrected chi connectivity index (χ1v) is 11.9. The number of carbonyl (C=O) groups is 2. The van der Waals surface area contributed by atoms with Gasteiger partial charge in [0.25, 0.3) is 0 Å². The highest BCUT2D eigenvalue weighted by Gasteiger charge is 2.38. The molecule has 206 valence electrons. The number of halogens is 3. The van der Waals surface area contributed by atoms with Gasteiger partial charge in [0, 0.05) is 24.7 Å². The van der Waals surface area contributed by atoms with Gasteiger partial charge < -0.3 is 21.1 Å². The molecule has 0 fully saturated rings. The monoisotopic (exact) mass is 530 g/mol. The van der Waals surface area contributed by atoms with Gasteiger partial charge in [0.15, 0.2) is 11.5 Å². The van der Waals surface area contributed by atoms with Crippen LogP contribution in [-0.4, -0.2) is 51.2 Å². The Morgan fingerprint density at radius 3 is 2.46 bits per heavy atom. The Morgan fingerprint density at radius 1 is 1.14 bits per heavy atom. The molecule has 0 aliphatic heterocycles. The molecule has 2 amide bonds. The van der Waals surface area contributed by atoms with Gasteiger partial charge in [0.2, 0.25) is 0 Å². The number of anilines is 1. The summed E-state index contributed by atoms with van der Waals surface area (Å²) in [5, 5.41) is 17.3. The van der Waals surface area contributed by atoms with E-state index in [0.717, 1.165) is 6.42 Å². The molecule has 0 unspecified atom stereocenters. The number of amides is 2. The smallest absolute Gasteiger partial charge is 0.444 e. The summed E-state index contributed by atoms with van der Waals surface area (Å²) in [4.78, 5) is 22.7. The molecule has 0 radical (unpaired) electrons.